The van der Waals surface area contributed by atoms with Gasteiger partial charge in [0, 0.05) is 22.2 Å². The summed E-state index contributed by atoms with van der Waals surface area (Å²) in [5.41, 5.74) is -0.846. The summed E-state index contributed by atoms with van der Waals surface area (Å²) in [4.78, 5) is 35.9. The monoisotopic (exact) mass is 355 g/mol. The minimum atomic E-state index is -0.795. The van der Waals surface area contributed by atoms with Gasteiger partial charge in [-0.15, -0.1) is 0 Å². The van der Waals surface area contributed by atoms with Crippen molar-refractivity contribution in [3.8, 4) is 5.75 Å². The third kappa shape index (κ3) is 2.46. The minimum absolute atomic E-state index is 0.212. The van der Waals surface area contributed by atoms with Crippen LogP contribution in [0.3, 0.4) is 0 Å². The third-order valence-electron chi connectivity index (χ3n) is 4.03. The molecular weight excluding hydrogens is 347 g/mol. The first kappa shape index (κ1) is 15.8. The number of allylic oxidation sites excluding steroid dienone is 2. The van der Waals surface area contributed by atoms with Crippen molar-refractivity contribution >= 4 is 46.4 Å². The second kappa shape index (κ2) is 5.50. The van der Waals surface area contributed by atoms with Crippen LogP contribution in [-0.4, -0.2) is 16.7 Å². The number of imide groups is 1. The fraction of sp³-hybridized carbons (Fsp3) is 0.286. The molecule has 1 aliphatic heterocycles. The molecule has 0 unspecified atom stereocenters. The van der Waals surface area contributed by atoms with Crippen LogP contribution in [-0.2, 0) is 9.59 Å². The minimum Gasteiger partial charge on any atom is -0.870 e. The van der Waals surface area contributed by atoms with E-state index in [0.717, 1.165) is 12.1 Å². The summed E-state index contributed by atoms with van der Waals surface area (Å²) in [6.07, 6.45) is 2.17. The zero-order valence-electron chi connectivity index (χ0n) is 11.5. The van der Waals surface area contributed by atoms with Crippen molar-refractivity contribution in [2.75, 3.05) is 4.90 Å². The van der Waals surface area contributed by atoms with E-state index < -0.39 is 45.0 Å². The summed E-state index contributed by atoms with van der Waals surface area (Å²) < 4.78 is 0. The molecule has 23 heavy (non-hydrogen) atoms. The number of benzene rings is 1. The van der Waals surface area contributed by atoms with Crippen molar-refractivity contribution in [3.63, 3.8) is 0 Å². The average Bonchev–Trinajstić information content (AvgIpc) is 2.73. The summed E-state index contributed by atoms with van der Waals surface area (Å²) in [6, 6.07) is 1.79. The molecule has 0 bridgehead atoms. The molecule has 1 aromatic carbocycles. The van der Waals surface area contributed by atoms with Gasteiger partial charge in [0.15, 0.2) is 0 Å². The molecule has 1 saturated heterocycles. The topological polar surface area (TPSA) is 104 Å². The van der Waals surface area contributed by atoms with Gasteiger partial charge in [0.05, 0.1) is 22.4 Å². The third-order valence-corrected chi connectivity index (χ3v) is 4.62. The molecule has 1 fully saturated rings. The van der Waals surface area contributed by atoms with Gasteiger partial charge in [-0.3, -0.25) is 24.6 Å². The molecule has 2 amide bonds. The maximum atomic E-state index is 12.5. The second-order valence-electron chi connectivity index (χ2n) is 5.35. The van der Waals surface area contributed by atoms with E-state index in [-0.39, 0.29) is 12.1 Å². The Hall–Kier alpha value is -2.12. The van der Waals surface area contributed by atoms with E-state index in [1.807, 2.05) is 0 Å². The van der Waals surface area contributed by atoms with Gasteiger partial charge in [0.25, 0.3) is 5.69 Å². The quantitative estimate of drug-likeness (QED) is 0.460. The predicted octanol–water partition coefficient (Wildman–Crippen LogP) is 2.34. The summed E-state index contributed by atoms with van der Waals surface area (Å²) in [7, 11) is 0. The Labute approximate surface area is 140 Å². The van der Waals surface area contributed by atoms with Crippen LogP contribution in [0.25, 0.3) is 0 Å². The number of halogens is 2. The van der Waals surface area contributed by atoms with E-state index in [0.29, 0.717) is 16.4 Å². The van der Waals surface area contributed by atoms with Crippen LogP contribution < -0.4 is 10.0 Å². The van der Waals surface area contributed by atoms with Crippen molar-refractivity contribution in [1.82, 2.24) is 0 Å². The van der Waals surface area contributed by atoms with Gasteiger partial charge in [-0.1, -0.05) is 35.0 Å². The fourth-order valence-electron chi connectivity index (χ4n) is 2.90. The smallest absolute Gasteiger partial charge is 0.272 e. The Morgan fingerprint density at radius 3 is 2.48 bits per heavy atom. The van der Waals surface area contributed by atoms with Crippen molar-refractivity contribution in [2.45, 2.75) is 12.8 Å². The van der Waals surface area contributed by atoms with Crippen LogP contribution in [0, 0.1) is 22.0 Å². The lowest BCUT2D eigenvalue weighted by atomic mass is 9.85. The molecule has 0 aromatic heterocycles. The average molecular weight is 356 g/mol. The van der Waals surface area contributed by atoms with Crippen molar-refractivity contribution < 1.29 is 19.6 Å². The molecule has 7 nitrogen and oxygen atoms in total. The Kier molecular flexibility index (Phi) is 3.77. The second-order valence-corrected chi connectivity index (χ2v) is 6.24. The summed E-state index contributed by atoms with van der Waals surface area (Å²) >= 11 is 11.6. The summed E-state index contributed by atoms with van der Waals surface area (Å²) in [6.45, 7) is 0. The molecule has 1 aromatic rings. The first-order valence-electron chi connectivity index (χ1n) is 6.68. The lowest BCUT2D eigenvalue weighted by Gasteiger charge is -2.22. The number of fused-ring (bicyclic) bond motifs is 1. The number of hydrogen-bond acceptors (Lipinski definition) is 5. The Morgan fingerprint density at radius 1 is 1.17 bits per heavy atom. The molecule has 1 heterocycles. The van der Waals surface area contributed by atoms with Crippen LogP contribution in [0.1, 0.15) is 12.8 Å². The molecule has 0 spiro atoms. The number of nitro benzene ring substituents is 1. The summed E-state index contributed by atoms with van der Waals surface area (Å²) in [5, 5.41) is 23.1. The van der Waals surface area contributed by atoms with Crippen molar-refractivity contribution in [1.29, 1.82) is 0 Å². The maximum Gasteiger partial charge on any atom is 0.272 e. The first-order chi connectivity index (χ1) is 10.8. The van der Waals surface area contributed by atoms with Crippen molar-refractivity contribution in [3.05, 3.63) is 38.4 Å². The molecular formula is C14H9Cl2N2O5-. The lowest BCUT2D eigenvalue weighted by Crippen LogP contribution is -2.31. The van der Waals surface area contributed by atoms with Crippen LogP contribution in [0.4, 0.5) is 11.4 Å². The Bertz CT molecular complexity index is 777. The normalized spacial score (nSPS) is 23.7. The lowest BCUT2D eigenvalue weighted by molar-refractivity contribution is -0.385. The number of hydrogen-bond donors (Lipinski definition) is 0. The fourth-order valence-corrected chi connectivity index (χ4v) is 3.37. The number of nitrogens with zero attached hydrogens (tertiary/aromatic N) is 2. The highest BCUT2D eigenvalue weighted by atomic mass is 35.5. The van der Waals surface area contributed by atoms with Gasteiger partial charge in [0.2, 0.25) is 11.8 Å². The zero-order valence-corrected chi connectivity index (χ0v) is 13.0. The number of rotatable bonds is 2. The van der Waals surface area contributed by atoms with E-state index in [2.05, 4.69) is 0 Å². The van der Waals surface area contributed by atoms with Crippen LogP contribution >= 0.6 is 23.2 Å². The highest BCUT2D eigenvalue weighted by Crippen LogP contribution is 2.44. The van der Waals surface area contributed by atoms with Gasteiger partial charge >= 0.3 is 0 Å². The van der Waals surface area contributed by atoms with Crippen LogP contribution in [0.15, 0.2) is 23.2 Å². The number of carbonyl (C=O) groups excluding carboxylic acids is 2. The van der Waals surface area contributed by atoms with Gasteiger partial charge in [-0.2, -0.15) is 0 Å². The molecule has 0 N–H and O–H groups in total. The molecule has 2 aliphatic rings. The number of anilines is 1. The van der Waals surface area contributed by atoms with Gasteiger partial charge in [-0.25, -0.2) is 0 Å². The molecule has 0 radical (unpaired) electrons. The molecule has 2 atom stereocenters. The summed E-state index contributed by atoms with van der Waals surface area (Å²) in [5.74, 6) is -3.20. The highest BCUT2D eigenvalue weighted by Gasteiger charge is 2.49. The van der Waals surface area contributed by atoms with E-state index in [4.69, 9.17) is 23.2 Å². The van der Waals surface area contributed by atoms with E-state index in [1.165, 1.54) is 0 Å². The Morgan fingerprint density at radius 2 is 1.83 bits per heavy atom. The molecule has 0 saturated carbocycles. The number of non-ortho nitro benzene ring substituents is 1. The molecule has 3 rings (SSSR count). The van der Waals surface area contributed by atoms with Crippen LogP contribution in [0.5, 0.6) is 5.75 Å². The highest BCUT2D eigenvalue weighted by molar-refractivity contribution is 6.34. The molecule has 120 valence electrons. The predicted molar refractivity (Wildman–Crippen MR) is 80.2 cm³/mol. The molecule has 9 heteroatoms. The van der Waals surface area contributed by atoms with E-state index in [9.17, 15) is 24.8 Å². The van der Waals surface area contributed by atoms with Gasteiger partial charge in [-0.05, 0) is 12.8 Å². The van der Waals surface area contributed by atoms with Gasteiger partial charge < -0.3 is 5.11 Å². The number of nitro groups is 1. The van der Waals surface area contributed by atoms with Crippen LogP contribution in [0.2, 0.25) is 5.02 Å². The first-order valence-corrected chi connectivity index (χ1v) is 7.44. The maximum absolute atomic E-state index is 12.5. The van der Waals surface area contributed by atoms with Gasteiger partial charge in [0.1, 0.15) is 0 Å². The SMILES string of the molecule is O=C1[C@H]2CC=C(Cl)C[C@H]2C(=O)N1c1cc([N+](=O)[O-])cc(Cl)c1[O-]. The number of amides is 2. The van der Waals surface area contributed by atoms with E-state index in [1.54, 1.807) is 6.08 Å². The van der Waals surface area contributed by atoms with Crippen molar-refractivity contribution in [2.24, 2.45) is 11.8 Å². The number of carbonyl (C=O) groups is 2. The Balaban J connectivity index is 2.08. The standard InChI is InChI=1S/C14H10Cl2N2O5/c15-6-1-2-8-9(3-6)14(21)17(13(8)20)11-5-7(18(22)23)4-10(16)12(11)19/h1,4-5,8-9,19H,2-3H2/p-1/t8-,9+/m0/s1. The zero-order chi connectivity index (χ0) is 16.9. The largest absolute Gasteiger partial charge is 0.870 e. The van der Waals surface area contributed by atoms with E-state index >= 15 is 0 Å². The molecule has 1 aliphatic carbocycles.